The number of ether oxygens (including phenoxy) is 2. The van der Waals surface area contributed by atoms with Crippen LogP contribution in [0.25, 0.3) is 5.78 Å². The molecule has 0 aliphatic carbocycles. The highest BCUT2D eigenvalue weighted by molar-refractivity contribution is 5.83. The van der Waals surface area contributed by atoms with Crippen molar-refractivity contribution in [1.29, 1.82) is 0 Å². The molecule has 1 atom stereocenters. The van der Waals surface area contributed by atoms with E-state index < -0.39 is 12.1 Å². The third-order valence-corrected chi connectivity index (χ3v) is 3.85. The summed E-state index contributed by atoms with van der Waals surface area (Å²) >= 11 is 0. The lowest BCUT2D eigenvalue weighted by Crippen LogP contribution is -2.37. The van der Waals surface area contributed by atoms with Gasteiger partial charge in [0.1, 0.15) is 6.33 Å². The maximum absolute atomic E-state index is 12.0. The number of hydrogen-bond donors (Lipinski definition) is 1. The van der Waals surface area contributed by atoms with Crippen LogP contribution in [0.5, 0.6) is 0 Å². The first-order chi connectivity index (χ1) is 11.9. The third-order valence-electron chi connectivity index (χ3n) is 3.85. The lowest BCUT2D eigenvalue weighted by atomic mass is 10.1. The highest BCUT2D eigenvalue weighted by Gasteiger charge is 2.18. The molecule has 2 aromatic heterocycles. The van der Waals surface area contributed by atoms with Gasteiger partial charge in [0, 0.05) is 31.5 Å². The quantitative estimate of drug-likeness (QED) is 0.542. The van der Waals surface area contributed by atoms with Crippen LogP contribution in [0.4, 0.5) is 0 Å². The fraction of sp³-hybridized carbons (Fsp3) is 0.562. The van der Waals surface area contributed by atoms with Gasteiger partial charge in [0.05, 0.1) is 6.61 Å². The average molecular weight is 349 g/mol. The Morgan fingerprint density at radius 2 is 2.12 bits per heavy atom. The van der Waals surface area contributed by atoms with E-state index in [4.69, 9.17) is 9.47 Å². The molecule has 0 unspecified atom stereocenters. The first kappa shape index (κ1) is 18.8. The smallest absolute Gasteiger partial charge is 0.306 e. The second-order valence-electron chi connectivity index (χ2n) is 5.65. The Bertz CT molecular complexity index is 758. The zero-order valence-corrected chi connectivity index (χ0v) is 14.9. The molecule has 2 rings (SSSR count). The van der Waals surface area contributed by atoms with E-state index in [0.29, 0.717) is 25.4 Å². The van der Waals surface area contributed by atoms with Gasteiger partial charge >= 0.3 is 5.97 Å². The number of hydrogen-bond acceptors (Lipinski definition) is 7. The third kappa shape index (κ3) is 4.72. The van der Waals surface area contributed by atoms with Gasteiger partial charge in [0.15, 0.2) is 6.10 Å². The monoisotopic (exact) mass is 349 g/mol. The first-order valence-corrected chi connectivity index (χ1v) is 8.06. The van der Waals surface area contributed by atoms with Crippen LogP contribution in [0.15, 0.2) is 6.33 Å². The van der Waals surface area contributed by atoms with Crippen LogP contribution in [0.2, 0.25) is 0 Å². The summed E-state index contributed by atoms with van der Waals surface area (Å²) in [4.78, 5) is 32.2. The Morgan fingerprint density at radius 1 is 1.36 bits per heavy atom. The number of aryl methyl sites for hydroxylation is 2. The van der Waals surface area contributed by atoms with Crippen molar-refractivity contribution in [2.75, 3.05) is 20.3 Å². The number of aromatic nitrogens is 4. The zero-order valence-electron chi connectivity index (χ0n) is 14.9. The maximum atomic E-state index is 12.0. The van der Waals surface area contributed by atoms with Crippen LogP contribution in [0.1, 0.15) is 30.3 Å². The normalized spacial score (nSPS) is 12.2. The molecule has 0 aliphatic heterocycles. The molecule has 1 amide bonds. The molecule has 2 aromatic rings. The van der Waals surface area contributed by atoms with Crippen LogP contribution in [0.3, 0.4) is 0 Å². The summed E-state index contributed by atoms with van der Waals surface area (Å²) in [6.07, 6.45) is 1.20. The van der Waals surface area contributed by atoms with Crippen molar-refractivity contribution in [1.82, 2.24) is 24.9 Å². The number of carbonyl (C=O) groups excluding carboxylic acids is 2. The standard InChI is InChI=1S/C16H23N5O4/c1-10-13(11(2)21-16(20-10)18-9-19-21)5-6-14(22)25-12(3)15(23)17-7-8-24-4/h9,12H,5-8H2,1-4H3,(H,17,23)/t12-/m0/s1. The van der Waals surface area contributed by atoms with E-state index >= 15 is 0 Å². The van der Waals surface area contributed by atoms with Crippen LogP contribution in [-0.2, 0) is 25.5 Å². The average Bonchev–Trinajstić information content (AvgIpc) is 3.03. The summed E-state index contributed by atoms with van der Waals surface area (Å²) < 4.78 is 11.7. The number of fused-ring (bicyclic) bond motifs is 1. The first-order valence-electron chi connectivity index (χ1n) is 8.06. The van der Waals surface area contributed by atoms with Crippen molar-refractivity contribution >= 4 is 17.7 Å². The Morgan fingerprint density at radius 3 is 2.84 bits per heavy atom. The molecule has 136 valence electrons. The molecule has 0 radical (unpaired) electrons. The number of nitrogens with one attached hydrogen (secondary N) is 1. The summed E-state index contributed by atoms with van der Waals surface area (Å²) in [5, 5.41) is 6.75. The highest BCUT2D eigenvalue weighted by Crippen LogP contribution is 2.15. The number of rotatable bonds is 8. The minimum absolute atomic E-state index is 0.152. The van der Waals surface area contributed by atoms with Gasteiger partial charge in [-0.1, -0.05) is 0 Å². The molecule has 0 saturated carbocycles. The van der Waals surface area contributed by atoms with Gasteiger partial charge in [-0.2, -0.15) is 10.1 Å². The van der Waals surface area contributed by atoms with E-state index in [1.54, 1.807) is 18.5 Å². The molecule has 0 spiro atoms. The molecule has 25 heavy (non-hydrogen) atoms. The molecular weight excluding hydrogens is 326 g/mol. The fourth-order valence-electron chi connectivity index (χ4n) is 2.47. The van der Waals surface area contributed by atoms with Crippen LogP contribution in [-0.4, -0.2) is 57.8 Å². The maximum Gasteiger partial charge on any atom is 0.306 e. The second-order valence-corrected chi connectivity index (χ2v) is 5.65. The van der Waals surface area contributed by atoms with Crippen molar-refractivity contribution < 1.29 is 19.1 Å². The zero-order chi connectivity index (χ0) is 18.4. The minimum atomic E-state index is -0.845. The molecular formula is C16H23N5O4. The topological polar surface area (TPSA) is 108 Å². The van der Waals surface area contributed by atoms with Gasteiger partial charge in [0.25, 0.3) is 11.7 Å². The number of methoxy groups -OCH3 is 1. The van der Waals surface area contributed by atoms with Crippen LogP contribution >= 0.6 is 0 Å². The molecule has 9 nitrogen and oxygen atoms in total. The summed E-state index contributed by atoms with van der Waals surface area (Å²) in [5.41, 5.74) is 2.61. The summed E-state index contributed by atoms with van der Waals surface area (Å²) in [6.45, 7) is 6.10. The predicted octanol–water partition coefficient (Wildman–Crippen LogP) is 0.368. The van der Waals surface area contributed by atoms with Gasteiger partial charge in [-0.25, -0.2) is 9.50 Å². The summed E-state index contributed by atoms with van der Waals surface area (Å²) in [6, 6.07) is 0. The molecule has 0 aliphatic rings. The number of carbonyl (C=O) groups is 2. The Balaban J connectivity index is 1.90. The molecule has 9 heteroatoms. The highest BCUT2D eigenvalue weighted by atomic mass is 16.5. The number of esters is 1. The molecule has 2 heterocycles. The van der Waals surface area contributed by atoms with Crippen molar-refractivity contribution in [3.05, 3.63) is 23.3 Å². The summed E-state index contributed by atoms with van der Waals surface area (Å²) in [7, 11) is 1.55. The molecule has 0 bridgehead atoms. The van der Waals surface area contributed by atoms with E-state index in [2.05, 4.69) is 20.4 Å². The lowest BCUT2D eigenvalue weighted by molar-refractivity contribution is -0.154. The Labute approximate surface area is 145 Å². The Hall–Kier alpha value is -2.55. The molecule has 0 saturated heterocycles. The van der Waals surface area contributed by atoms with Crippen molar-refractivity contribution in [3.8, 4) is 0 Å². The lowest BCUT2D eigenvalue weighted by Gasteiger charge is -2.14. The van der Waals surface area contributed by atoms with Gasteiger partial charge in [-0.3, -0.25) is 9.59 Å². The van der Waals surface area contributed by atoms with Crippen molar-refractivity contribution in [2.45, 2.75) is 39.7 Å². The fourth-order valence-corrected chi connectivity index (χ4v) is 2.47. The van der Waals surface area contributed by atoms with Gasteiger partial charge in [-0.15, -0.1) is 0 Å². The van der Waals surface area contributed by atoms with Gasteiger partial charge in [0.2, 0.25) is 0 Å². The molecule has 1 N–H and O–H groups in total. The summed E-state index contributed by atoms with van der Waals surface area (Å²) in [5.74, 6) is -0.252. The SMILES string of the molecule is COCCNC(=O)[C@H](C)OC(=O)CCc1c(C)nc2ncnn2c1C. The van der Waals surface area contributed by atoms with E-state index in [1.165, 1.54) is 6.33 Å². The molecule has 0 aromatic carbocycles. The predicted molar refractivity (Wildman–Crippen MR) is 89.0 cm³/mol. The van der Waals surface area contributed by atoms with Crippen molar-refractivity contribution in [3.63, 3.8) is 0 Å². The van der Waals surface area contributed by atoms with E-state index in [0.717, 1.165) is 17.0 Å². The Kier molecular flexibility index (Phi) is 6.40. The minimum Gasteiger partial charge on any atom is -0.453 e. The number of nitrogens with zero attached hydrogens (tertiary/aromatic N) is 4. The second kappa shape index (κ2) is 8.52. The van der Waals surface area contributed by atoms with Crippen molar-refractivity contribution in [2.24, 2.45) is 0 Å². The van der Waals surface area contributed by atoms with Crippen LogP contribution in [0, 0.1) is 13.8 Å². The van der Waals surface area contributed by atoms with Crippen LogP contribution < -0.4 is 5.32 Å². The largest absolute Gasteiger partial charge is 0.453 e. The number of amides is 1. The molecule has 0 fully saturated rings. The van der Waals surface area contributed by atoms with Gasteiger partial charge < -0.3 is 14.8 Å². The van der Waals surface area contributed by atoms with E-state index in [1.807, 2.05) is 13.8 Å². The van der Waals surface area contributed by atoms with Gasteiger partial charge in [-0.05, 0) is 32.8 Å². The van der Waals surface area contributed by atoms with E-state index in [9.17, 15) is 9.59 Å². The van der Waals surface area contributed by atoms with E-state index in [-0.39, 0.29) is 12.3 Å².